The number of thiophene rings is 1. The van der Waals surface area contributed by atoms with E-state index in [-0.39, 0.29) is 5.91 Å². The molecule has 0 bridgehead atoms. The zero-order chi connectivity index (χ0) is 19.2. The molecule has 8 heteroatoms. The average Bonchev–Trinajstić information content (AvgIpc) is 3.27. The number of halogens is 1. The lowest BCUT2D eigenvalue weighted by Crippen LogP contribution is -2.30. The Labute approximate surface area is 176 Å². The van der Waals surface area contributed by atoms with E-state index in [9.17, 15) is 4.79 Å². The van der Waals surface area contributed by atoms with Gasteiger partial charge in [0.2, 0.25) is 0 Å². The summed E-state index contributed by atoms with van der Waals surface area (Å²) in [6.07, 6.45) is 1.83. The number of thioether (sulfide) groups is 2. The van der Waals surface area contributed by atoms with Crippen molar-refractivity contribution < 1.29 is 9.53 Å². The first-order valence-electron chi connectivity index (χ1n) is 8.36. The van der Waals surface area contributed by atoms with Crippen molar-refractivity contribution in [3.8, 4) is 5.75 Å². The van der Waals surface area contributed by atoms with Gasteiger partial charge < -0.3 is 4.74 Å². The molecule has 0 N–H and O–H groups in total. The van der Waals surface area contributed by atoms with E-state index in [1.54, 1.807) is 47.2 Å². The molecular weight excluding hydrogens is 420 g/mol. The normalized spacial score (nSPS) is 15.5. The van der Waals surface area contributed by atoms with Gasteiger partial charge in [-0.3, -0.25) is 9.69 Å². The summed E-state index contributed by atoms with van der Waals surface area (Å²) in [5, 5.41) is 3.12. The first-order valence-corrected chi connectivity index (χ1v) is 11.8. The lowest BCUT2D eigenvalue weighted by molar-refractivity contribution is -0.113. The molecular formula is C19H19ClN2O2S3. The summed E-state index contributed by atoms with van der Waals surface area (Å²) in [5.74, 6) is 3.40. The van der Waals surface area contributed by atoms with Gasteiger partial charge in [-0.15, -0.1) is 11.3 Å². The lowest BCUT2D eigenvalue weighted by Gasteiger charge is -2.18. The summed E-state index contributed by atoms with van der Waals surface area (Å²) in [6.45, 7) is 2.14. The van der Waals surface area contributed by atoms with Crippen LogP contribution in [-0.2, 0) is 4.79 Å². The van der Waals surface area contributed by atoms with Crippen molar-refractivity contribution >= 4 is 69.3 Å². The van der Waals surface area contributed by atoms with Gasteiger partial charge in [0.05, 0.1) is 17.8 Å². The van der Waals surface area contributed by atoms with E-state index in [4.69, 9.17) is 16.3 Å². The number of ether oxygens (including phenoxy) is 1. The van der Waals surface area contributed by atoms with Crippen molar-refractivity contribution in [3.63, 3.8) is 0 Å². The Kier molecular flexibility index (Phi) is 7.29. The third-order valence-corrected chi connectivity index (χ3v) is 6.92. The number of carbonyl (C=O) groups excluding carboxylic acids is 1. The molecule has 3 rings (SSSR count). The molecule has 0 aliphatic carbocycles. The number of amidine groups is 1. The molecule has 0 atom stereocenters. The van der Waals surface area contributed by atoms with Crippen LogP contribution in [0.1, 0.15) is 11.8 Å². The van der Waals surface area contributed by atoms with Crippen LogP contribution in [0, 0.1) is 0 Å². The molecule has 1 aliphatic rings. The van der Waals surface area contributed by atoms with Crippen LogP contribution in [0.3, 0.4) is 0 Å². The van der Waals surface area contributed by atoms with Crippen molar-refractivity contribution in [2.24, 2.45) is 4.99 Å². The van der Waals surface area contributed by atoms with Gasteiger partial charge in [-0.1, -0.05) is 36.4 Å². The second kappa shape index (κ2) is 9.68. The fraction of sp³-hybridized carbons (Fsp3) is 0.263. The fourth-order valence-corrected chi connectivity index (χ4v) is 5.12. The van der Waals surface area contributed by atoms with Crippen LogP contribution in [0.2, 0.25) is 5.02 Å². The SMILES string of the molecule is CCSCCSC1=NC(=Cc2cccs2)C(=O)N1c1ccc(OC)c(Cl)c1. The second-order valence-electron chi connectivity index (χ2n) is 5.44. The summed E-state index contributed by atoms with van der Waals surface area (Å²) in [7, 11) is 1.57. The highest BCUT2D eigenvalue weighted by atomic mass is 35.5. The Hall–Kier alpha value is -1.41. The van der Waals surface area contributed by atoms with Gasteiger partial charge in [0, 0.05) is 16.4 Å². The molecule has 0 radical (unpaired) electrons. The maximum atomic E-state index is 13.1. The number of aliphatic imine (C=N–C) groups is 1. The van der Waals surface area contributed by atoms with Crippen molar-refractivity contribution in [1.29, 1.82) is 0 Å². The molecule has 4 nitrogen and oxygen atoms in total. The predicted molar refractivity (Wildman–Crippen MR) is 121 cm³/mol. The van der Waals surface area contributed by atoms with Crippen LogP contribution in [-0.4, -0.2) is 35.4 Å². The van der Waals surface area contributed by atoms with Gasteiger partial charge in [-0.2, -0.15) is 11.8 Å². The third-order valence-electron chi connectivity index (χ3n) is 3.71. The highest BCUT2D eigenvalue weighted by molar-refractivity contribution is 8.15. The number of anilines is 1. The van der Waals surface area contributed by atoms with Gasteiger partial charge in [0.15, 0.2) is 5.17 Å². The number of methoxy groups -OCH3 is 1. The first kappa shape index (κ1) is 20.3. The molecule has 0 spiro atoms. The molecule has 1 aliphatic heterocycles. The number of amides is 1. The number of nitrogens with zero attached hydrogens (tertiary/aromatic N) is 2. The predicted octanol–water partition coefficient (Wildman–Crippen LogP) is 5.64. The molecule has 2 aromatic rings. The van der Waals surface area contributed by atoms with Crippen LogP contribution >= 0.6 is 46.5 Å². The Bertz CT molecular complexity index is 866. The summed E-state index contributed by atoms with van der Waals surface area (Å²) in [5.41, 5.74) is 1.13. The topological polar surface area (TPSA) is 41.9 Å². The zero-order valence-corrected chi connectivity index (χ0v) is 18.2. The van der Waals surface area contributed by atoms with E-state index in [0.717, 1.165) is 22.1 Å². The van der Waals surface area contributed by atoms with Crippen molar-refractivity contribution in [1.82, 2.24) is 0 Å². The number of hydrogen-bond acceptors (Lipinski definition) is 6. The number of rotatable bonds is 7. The fourth-order valence-electron chi connectivity index (χ4n) is 2.46. The highest BCUT2D eigenvalue weighted by Gasteiger charge is 2.32. The Morgan fingerprint density at radius 1 is 1.33 bits per heavy atom. The quantitative estimate of drug-likeness (QED) is 0.414. The second-order valence-corrected chi connectivity index (χ2v) is 9.29. The van der Waals surface area contributed by atoms with E-state index >= 15 is 0 Å². The van der Waals surface area contributed by atoms with E-state index in [1.807, 2.05) is 41.4 Å². The molecule has 142 valence electrons. The summed E-state index contributed by atoms with van der Waals surface area (Å²) < 4.78 is 5.22. The summed E-state index contributed by atoms with van der Waals surface area (Å²) in [6, 6.07) is 9.26. The molecule has 1 aromatic heterocycles. The van der Waals surface area contributed by atoms with E-state index in [0.29, 0.717) is 27.3 Å². The largest absolute Gasteiger partial charge is 0.495 e. The van der Waals surface area contributed by atoms with Crippen molar-refractivity contribution in [2.75, 3.05) is 29.3 Å². The zero-order valence-electron chi connectivity index (χ0n) is 15.0. The van der Waals surface area contributed by atoms with Crippen molar-refractivity contribution in [3.05, 3.63) is 51.3 Å². The van der Waals surface area contributed by atoms with Crippen LogP contribution in [0.4, 0.5) is 5.69 Å². The van der Waals surface area contributed by atoms with Crippen molar-refractivity contribution in [2.45, 2.75) is 6.92 Å². The van der Waals surface area contributed by atoms with Crippen LogP contribution < -0.4 is 9.64 Å². The van der Waals surface area contributed by atoms with Gasteiger partial charge in [0.1, 0.15) is 11.4 Å². The molecule has 1 aromatic carbocycles. The molecule has 0 saturated carbocycles. The van der Waals surface area contributed by atoms with Gasteiger partial charge in [-0.05, 0) is 41.5 Å². The molecule has 27 heavy (non-hydrogen) atoms. The maximum absolute atomic E-state index is 13.1. The Balaban J connectivity index is 1.90. The third kappa shape index (κ3) is 4.90. The Morgan fingerprint density at radius 2 is 2.19 bits per heavy atom. The molecule has 0 saturated heterocycles. The van der Waals surface area contributed by atoms with E-state index in [1.165, 1.54) is 0 Å². The Morgan fingerprint density at radius 3 is 2.85 bits per heavy atom. The summed E-state index contributed by atoms with van der Waals surface area (Å²) >= 11 is 11.3. The highest BCUT2D eigenvalue weighted by Crippen LogP contribution is 2.34. The minimum absolute atomic E-state index is 0.143. The average molecular weight is 439 g/mol. The number of carbonyl (C=O) groups is 1. The molecule has 0 fully saturated rings. The van der Waals surface area contributed by atoms with E-state index < -0.39 is 0 Å². The van der Waals surface area contributed by atoms with Crippen LogP contribution in [0.15, 0.2) is 46.4 Å². The van der Waals surface area contributed by atoms with Crippen LogP contribution in [0.5, 0.6) is 5.75 Å². The number of hydrogen-bond donors (Lipinski definition) is 0. The lowest BCUT2D eigenvalue weighted by atomic mass is 10.2. The summed E-state index contributed by atoms with van der Waals surface area (Å²) in [4.78, 5) is 20.3. The van der Waals surface area contributed by atoms with E-state index in [2.05, 4.69) is 11.9 Å². The minimum Gasteiger partial charge on any atom is -0.495 e. The standard InChI is InChI=1S/C19H19ClN2O2S3/c1-3-25-9-10-27-19-21-16(12-14-5-4-8-26-14)18(23)22(19)13-6-7-17(24-2)15(20)11-13/h4-8,11-12H,3,9-10H2,1-2H3. The maximum Gasteiger partial charge on any atom is 0.283 e. The van der Waals surface area contributed by atoms with Gasteiger partial charge in [0.25, 0.3) is 5.91 Å². The minimum atomic E-state index is -0.143. The number of benzene rings is 1. The van der Waals surface area contributed by atoms with Gasteiger partial charge >= 0.3 is 0 Å². The monoisotopic (exact) mass is 438 g/mol. The smallest absolute Gasteiger partial charge is 0.283 e. The molecule has 0 unspecified atom stereocenters. The first-order chi connectivity index (χ1) is 13.1. The van der Waals surface area contributed by atoms with Gasteiger partial charge in [-0.25, -0.2) is 4.99 Å². The molecule has 2 heterocycles. The van der Waals surface area contributed by atoms with Crippen LogP contribution in [0.25, 0.3) is 6.08 Å². The molecule has 1 amide bonds.